The summed E-state index contributed by atoms with van der Waals surface area (Å²) in [5.74, 6) is 0.822. The second-order valence-corrected chi connectivity index (χ2v) is 4.46. The molecule has 1 rings (SSSR count). The summed E-state index contributed by atoms with van der Waals surface area (Å²) >= 11 is 0. The average molecular weight is 273 g/mol. The fourth-order valence-electron chi connectivity index (χ4n) is 2.05. The molecule has 0 bridgehead atoms. The number of carbonyl (C=O) groups excluding carboxylic acids is 1. The molecule has 0 saturated heterocycles. The summed E-state index contributed by atoms with van der Waals surface area (Å²) in [6.45, 7) is 6.60. The highest BCUT2D eigenvalue weighted by molar-refractivity contribution is 5.88. The van der Waals surface area contributed by atoms with Gasteiger partial charge in [0.15, 0.2) is 0 Å². The van der Waals surface area contributed by atoms with E-state index in [-0.39, 0.29) is 11.9 Å². The zero-order valence-electron chi connectivity index (χ0n) is 12.7. The number of hydrogen-bond acceptors (Lipinski definition) is 2. The number of likely N-dealkylation sites (N-methyl/N-ethyl adjacent to an activating group) is 1. The van der Waals surface area contributed by atoms with Crippen LogP contribution in [0.4, 0.5) is 0 Å². The summed E-state index contributed by atoms with van der Waals surface area (Å²) in [6.07, 6.45) is 7.11. The normalized spacial score (nSPS) is 12.8. The predicted molar refractivity (Wildman–Crippen MR) is 82.8 cm³/mol. The molecule has 20 heavy (non-hydrogen) atoms. The number of carbonyl (C=O) groups is 1. The standard InChI is InChI=1S/C17H23NO2/c1-5-7-8-12-17(19)18(6-2)14(3)15-10-9-11-16(13-15)20-4/h5,7-14H,6H2,1-4H3/b7-5+,12-8+. The van der Waals surface area contributed by atoms with Gasteiger partial charge in [0.05, 0.1) is 13.2 Å². The van der Waals surface area contributed by atoms with Gasteiger partial charge in [0.2, 0.25) is 5.91 Å². The average Bonchev–Trinajstić information content (AvgIpc) is 2.48. The Morgan fingerprint density at radius 1 is 1.40 bits per heavy atom. The molecule has 0 aromatic heterocycles. The molecule has 0 spiro atoms. The van der Waals surface area contributed by atoms with E-state index in [1.807, 2.05) is 62.1 Å². The van der Waals surface area contributed by atoms with Crippen molar-refractivity contribution in [1.82, 2.24) is 4.90 Å². The SMILES string of the molecule is C/C=C/C=C/C(=O)N(CC)C(C)c1cccc(OC)c1. The summed E-state index contributed by atoms with van der Waals surface area (Å²) in [7, 11) is 1.65. The van der Waals surface area contributed by atoms with Crippen LogP contribution < -0.4 is 4.74 Å². The van der Waals surface area contributed by atoms with Crippen molar-refractivity contribution < 1.29 is 9.53 Å². The molecule has 0 fully saturated rings. The summed E-state index contributed by atoms with van der Waals surface area (Å²) in [5, 5.41) is 0. The van der Waals surface area contributed by atoms with Gasteiger partial charge in [-0.1, -0.05) is 30.4 Å². The van der Waals surface area contributed by atoms with E-state index in [9.17, 15) is 4.79 Å². The lowest BCUT2D eigenvalue weighted by molar-refractivity contribution is -0.127. The Bertz CT molecular complexity index is 492. The monoisotopic (exact) mass is 273 g/mol. The van der Waals surface area contributed by atoms with Crippen molar-refractivity contribution in [2.45, 2.75) is 26.8 Å². The van der Waals surface area contributed by atoms with Crippen LogP contribution in [0.5, 0.6) is 5.75 Å². The van der Waals surface area contributed by atoms with E-state index in [4.69, 9.17) is 4.74 Å². The smallest absolute Gasteiger partial charge is 0.247 e. The largest absolute Gasteiger partial charge is 0.497 e. The molecule has 1 unspecified atom stereocenters. The fraction of sp³-hybridized carbons (Fsp3) is 0.353. The number of methoxy groups -OCH3 is 1. The van der Waals surface area contributed by atoms with E-state index in [0.717, 1.165) is 11.3 Å². The summed E-state index contributed by atoms with van der Waals surface area (Å²) in [6, 6.07) is 7.84. The Morgan fingerprint density at radius 3 is 2.75 bits per heavy atom. The van der Waals surface area contributed by atoms with E-state index >= 15 is 0 Å². The Labute approximate surface area is 121 Å². The Morgan fingerprint density at radius 2 is 2.15 bits per heavy atom. The van der Waals surface area contributed by atoms with Crippen LogP contribution in [0.3, 0.4) is 0 Å². The first-order valence-electron chi connectivity index (χ1n) is 6.88. The van der Waals surface area contributed by atoms with Crippen molar-refractivity contribution >= 4 is 5.91 Å². The highest BCUT2D eigenvalue weighted by Crippen LogP contribution is 2.24. The topological polar surface area (TPSA) is 29.5 Å². The van der Waals surface area contributed by atoms with Gasteiger partial charge in [-0.2, -0.15) is 0 Å². The lowest BCUT2D eigenvalue weighted by atomic mass is 10.1. The zero-order valence-corrected chi connectivity index (χ0v) is 12.7. The third-order valence-electron chi connectivity index (χ3n) is 3.21. The molecule has 1 atom stereocenters. The van der Waals surface area contributed by atoms with Crippen molar-refractivity contribution in [3.63, 3.8) is 0 Å². The molecular formula is C17H23NO2. The quantitative estimate of drug-likeness (QED) is 0.584. The van der Waals surface area contributed by atoms with Gasteiger partial charge in [0, 0.05) is 12.6 Å². The molecule has 0 saturated carbocycles. The maximum absolute atomic E-state index is 12.2. The van der Waals surface area contributed by atoms with E-state index in [2.05, 4.69) is 0 Å². The van der Waals surface area contributed by atoms with Crippen LogP contribution in [-0.4, -0.2) is 24.5 Å². The van der Waals surface area contributed by atoms with Gasteiger partial charge >= 0.3 is 0 Å². The van der Waals surface area contributed by atoms with Crippen LogP contribution >= 0.6 is 0 Å². The highest BCUT2D eigenvalue weighted by Gasteiger charge is 2.18. The number of amides is 1. The number of ether oxygens (including phenoxy) is 1. The molecule has 0 heterocycles. The van der Waals surface area contributed by atoms with Gasteiger partial charge in [-0.15, -0.1) is 0 Å². The van der Waals surface area contributed by atoms with Crippen molar-refractivity contribution in [3.8, 4) is 5.75 Å². The second kappa shape index (κ2) is 8.20. The van der Waals surface area contributed by atoms with Crippen molar-refractivity contribution in [3.05, 3.63) is 54.1 Å². The van der Waals surface area contributed by atoms with Gasteiger partial charge in [-0.05, 0) is 38.5 Å². The van der Waals surface area contributed by atoms with Gasteiger partial charge in [0.1, 0.15) is 5.75 Å². The Hall–Kier alpha value is -2.03. The highest BCUT2D eigenvalue weighted by atomic mass is 16.5. The van der Waals surface area contributed by atoms with E-state index in [1.54, 1.807) is 19.3 Å². The summed E-state index contributed by atoms with van der Waals surface area (Å²) in [4.78, 5) is 14.0. The first kappa shape index (κ1) is 16.0. The lowest BCUT2D eigenvalue weighted by Crippen LogP contribution is -2.32. The van der Waals surface area contributed by atoms with Crippen LogP contribution in [0, 0.1) is 0 Å². The first-order valence-corrected chi connectivity index (χ1v) is 6.88. The van der Waals surface area contributed by atoms with Crippen molar-refractivity contribution in [2.24, 2.45) is 0 Å². The predicted octanol–water partition coefficient (Wildman–Crippen LogP) is 3.74. The molecule has 0 radical (unpaired) electrons. The second-order valence-electron chi connectivity index (χ2n) is 4.46. The third-order valence-corrected chi connectivity index (χ3v) is 3.21. The van der Waals surface area contributed by atoms with Gasteiger partial charge in [-0.3, -0.25) is 4.79 Å². The number of hydrogen-bond donors (Lipinski definition) is 0. The van der Waals surface area contributed by atoms with E-state index in [1.165, 1.54) is 0 Å². The lowest BCUT2D eigenvalue weighted by Gasteiger charge is -2.27. The fourth-order valence-corrected chi connectivity index (χ4v) is 2.05. The Kier molecular flexibility index (Phi) is 6.57. The van der Waals surface area contributed by atoms with Gasteiger partial charge < -0.3 is 9.64 Å². The van der Waals surface area contributed by atoms with Gasteiger partial charge in [0.25, 0.3) is 0 Å². The molecule has 0 aliphatic carbocycles. The molecule has 0 aliphatic heterocycles. The van der Waals surface area contributed by atoms with Crippen LogP contribution in [0.15, 0.2) is 48.6 Å². The minimum absolute atomic E-state index is 0.0119. The zero-order chi connectivity index (χ0) is 15.0. The minimum atomic E-state index is 0.0119. The summed E-state index contributed by atoms with van der Waals surface area (Å²) < 4.78 is 5.23. The molecular weight excluding hydrogens is 250 g/mol. The summed E-state index contributed by atoms with van der Waals surface area (Å²) in [5.41, 5.74) is 1.07. The van der Waals surface area contributed by atoms with Crippen molar-refractivity contribution in [2.75, 3.05) is 13.7 Å². The maximum Gasteiger partial charge on any atom is 0.247 e. The van der Waals surface area contributed by atoms with Crippen LogP contribution in [0.2, 0.25) is 0 Å². The Balaban J connectivity index is 2.90. The van der Waals surface area contributed by atoms with Crippen LogP contribution in [0.25, 0.3) is 0 Å². The molecule has 1 amide bonds. The van der Waals surface area contributed by atoms with Crippen LogP contribution in [-0.2, 0) is 4.79 Å². The molecule has 0 N–H and O–H groups in total. The number of nitrogens with zero attached hydrogens (tertiary/aromatic N) is 1. The molecule has 1 aromatic carbocycles. The molecule has 108 valence electrons. The molecule has 3 heteroatoms. The molecule has 3 nitrogen and oxygen atoms in total. The third kappa shape index (κ3) is 4.26. The first-order chi connectivity index (χ1) is 9.63. The molecule has 1 aromatic rings. The number of benzene rings is 1. The van der Waals surface area contributed by atoms with Crippen LogP contribution in [0.1, 0.15) is 32.4 Å². The van der Waals surface area contributed by atoms with Crippen molar-refractivity contribution in [1.29, 1.82) is 0 Å². The minimum Gasteiger partial charge on any atom is -0.497 e. The maximum atomic E-state index is 12.2. The number of rotatable bonds is 6. The van der Waals surface area contributed by atoms with Gasteiger partial charge in [-0.25, -0.2) is 0 Å². The number of allylic oxidation sites excluding steroid dienone is 3. The van der Waals surface area contributed by atoms with E-state index in [0.29, 0.717) is 6.54 Å². The molecule has 0 aliphatic rings. The van der Waals surface area contributed by atoms with E-state index < -0.39 is 0 Å².